The van der Waals surface area contributed by atoms with Crippen molar-refractivity contribution in [3.05, 3.63) is 57.5 Å². The maximum absolute atomic E-state index is 12.4. The van der Waals surface area contributed by atoms with Gasteiger partial charge in [0.1, 0.15) is 5.00 Å². The lowest BCUT2D eigenvalue weighted by Gasteiger charge is -2.05. The summed E-state index contributed by atoms with van der Waals surface area (Å²) in [5.74, 6) is -1.90. The van der Waals surface area contributed by atoms with Crippen LogP contribution in [0.4, 0.5) is 5.00 Å². The molecule has 0 aliphatic heterocycles. The molecule has 0 saturated heterocycles. The third-order valence-corrected chi connectivity index (χ3v) is 5.26. The summed E-state index contributed by atoms with van der Waals surface area (Å²) in [5, 5.41) is 5.38. The number of anilines is 1. The molecule has 0 bridgehead atoms. The molecule has 8 nitrogen and oxygen atoms in total. The van der Waals surface area contributed by atoms with Crippen molar-refractivity contribution < 1.29 is 28.7 Å². The number of carbonyl (C=O) groups excluding carboxylic acids is 4. The van der Waals surface area contributed by atoms with E-state index in [9.17, 15) is 19.2 Å². The van der Waals surface area contributed by atoms with Gasteiger partial charge >= 0.3 is 11.9 Å². The van der Waals surface area contributed by atoms with Gasteiger partial charge in [0.05, 0.1) is 29.7 Å². The summed E-state index contributed by atoms with van der Waals surface area (Å²) in [6.07, 6.45) is 2.84. The fraction of sp³-hybridized carbons (Fsp3) is 0.238. The summed E-state index contributed by atoms with van der Waals surface area (Å²) in [5.41, 5.74) is 1.69. The van der Waals surface area contributed by atoms with Gasteiger partial charge in [-0.25, -0.2) is 9.59 Å². The van der Waals surface area contributed by atoms with Gasteiger partial charge in [0.25, 0.3) is 5.91 Å². The molecular formula is C21H22N2O6S. The first kappa shape index (κ1) is 22.8. The summed E-state index contributed by atoms with van der Waals surface area (Å²) in [6.45, 7) is 3.46. The largest absolute Gasteiger partial charge is 0.465 e. The fourth-order valence-electron chi connectivity index (χ4n) is 2.55. The summed E-state index contributed by atoms with van der Waals surface area (Å²) in [6, 6.07) is 6.50. The van der Waals surface area contributed by atoms with E-state index in [1.165, 1.54) is 20.2 Å². The zero-order valence-electron chi connectivity index (χ0n) is 17.0. The Labute approximate surface area is 177 Å². The van der Waals surface area contributed by atoms with Crippen LogP contribution < -0.4 is 10.6 Å². The quantitative estimate of drug-likeness (QED) is 0.516. The van der Waals surface area contributed by atoms with Gasteiger partial charge in [0.2, 0.25) is 5.91 Å². The molecule has 30 heavy (non-hydrogen) atoms. The van der Waals surface area contributed by atoms with E-state index in [-0.39, 0.29) is 23.1 Å². The number of hydrogen-bond donors (Lipinski definition) is 2. The molecule has 1 aromatic heterocycles. The molecule has 2 N–H and O–H groups in total. The van der Waals surface area contributed by atoms with E-state index in [1.54, 1.807) is 44.2 Å². The molecule has 0 fully saturated rings. The summed E-state index contributed by atoms with van der Waals surface area (Å²) in [7, 11) is 2.78. The van der Waals surface area contributed by atoms with Crippen molar-refractivity contribution in [2.24, 2.45) is 0 Å². The second-order valence-corrected chi connectivity index (χ2v) is 7.02. The van der Waals surface area contributed by atoms with Crippen molar-refractivity contribution in [2.75, 3.05) is 26.1 Å². The van der Waals surface area contributed by atoms with Crippen LogP contribution >= 0.6 is 11.3 Å². The molecule has 9 heteroatoms. The number of esters is 2. The molecule has 0 saturated carbocycles. The third-order valence-electron chi connectivity index (χ3n) is 4.06. The summed E-state index contributed by atoms with van der Waals surface area (Å²) >= 11 is 1.00. The smallest absolute Gasteiger partial charge is 0.341 e. The predicted molar refractivity (Wildman–Crippen MR) is 114 cm³/mol. The highest BCUT2D eigenvalue weighted by Crippen LogP contribution is 2.33. The van der Waals surface area contributed by atoms with Gasteiger partial charge in [-0.3, -0.25) is 9.59 Å². The van der Waals surface area contributed by atoms with Crippen molar-refractivity contribution in [3.8, 4) is 0 Å². The van der Waals surface area contributed by atoms with Crippen LogP contribution in [0.5, 0.6) is 0 Å². The first-order chi connectivity index (χ1) is 14.3. The van der Waals surface area contributed by atoms with Crippen LogP contribution in [-0.2, 0) is 14.3 Å². The number of amides is 2. The number of thiophene rings is 1. The molecule has 158 valence electrons. The van der Waals surface area contributed by atoms with Gasteiger partial charge in [0.15, 0.2) is 0 Å². The zero-order valence-corrected chi connectivity index (χ0v) is 17.8. The van der Waals surface area contributed by atoms with E-state index >= 15 is 0 Å². The molecule has 0 atom stereocenters. The second-order valence-electron chi connectivity index (χ2n) is 6.00. The van der Waals surface area contributed by atoms with Crippen LogP contribution in [0.2, 0.25) is 0 Å². The van der Waals surface area contributed by atoms with Crippen LogP contribution in [0.25, 0.3) is 6.08 Å². The van der Waals surface area contributed by atoms with Crippen LogP contribution in [0, 0.1) is 6.92 Å². The third kappa shape index (κ3) is 5.32. The van der Waals surface area contributed by atoms with Crippen molar-refractivity contribution >= 4 is 46.2 Å². The first-order valence-corrected chi connectivity index (χ1v) is 9.84. The standard InChI is InChI=1S/C21H22N2O6S/c1-5-29-21(27)16-12(2)17(18(25)22-3)30-19(16)23-15(24)11-8-13-6-9-14(10-7-13)20(26)28-4/h6-11H,5H2,1-4H3,(H,22,25)(H,23,24)/b11-8+. The lowest BCUT2D eigenvalue weighted by Crippen LogP contribution is -2.17. The lowest BCUT2D eigenvalue weighted by atomic mass is 10.1. The van der Waals surface area contributed by atoms with Crippen LogP contribution in [-0.4, -0.2) is 44.5 Å². The number of hydrogen-bond acceptors (Lipinski definition) is 7. The van der Waals surface area contributed by atoms with Crippen LogP contribution in [0.15, 0.2) is 30.3 Å². The Kier molecular flexibility index (Phi) is 7.88. The molecule has 2 rings (SSSR count). The minimum absolute atomic E-state index is 0.157. The molecule has 0 aliphatic carbocycles. The Balaban J connectivity index is 2.22. The van der Waals surface area contributed by atoms with Gasteiger partial charge in [0, 0.05) is 13.1 Å². The minimum atomic E-state index is -0.612. The van der Waals surface area contributed by atoms with Gasteiger partial charge in [-0.1, -0.05) is 12.1 Å². The van der Waals surface area contributed by atoms with Gasteiger partial charge in [-0.15, -0.1) is 11.3 Å². The highest BCUT2D eigenvalue weighted by Gasteiger charge is 2.25. The minimum Gasteiger partial charge on any atom is -0.465 e. The van der Waals surface area contributed by atoms with E-state index in [4.69, 9.17) is 4.74 Å². The number of carbonyl (C=O) groups is 4. The van der Waals surface area contributed by atoms with Crippen molar-refractivity contribution in [1.29, 1.82) is 0 Å². The molecule has 0 spiro atoms. The average molecular weight is 430 g/mol. The Morgan fingerprint density at radius 1 is 1.10 bits per heavy atom. The Morgan fingerprint density at radius 3 is 2.33 bits per heavy atom. The van der Waals surface area contributed by atoms with Gasteiger partial charge in [-0.2, -0.15) is 0 Å². The number of rotatable bonds is 7. The number of nitrogens with one attached hydrogen (secondary N) is 2. The summed E-state index contributed by atoms with van der Waals surface area (Å²) in [4.78, 5) is 48.5. The second kappa shape index (κ2) is 10.4. The summed E-state index contributed by atoms with van der Waals surface area (Å²) < 4.78 is 9.69. The highest BCUT2D eigenvalue weighted by molar-refractivity contribution is 7.18. The number of ether oxygens (including phenoxy) is 2. The highest BCUT2D eigenvalue weighted by atomic mass is 32.1. The molecule has 2 aromatic rings. The normalized spacial score (nSPS) is 10.5. The molecule has 2 amide bonds. The van der Waals surface area contributed by atoms with Crippen molar-refractivity contribution in [1.82, 2.24) is 5.32 Å². The SMILES string of the molecule is CCOC(=O)c1c(NC(=O)/C=C/c2ccc(C(=O)OC)cc2)sc(C(=O)NC)c1C. The Bertz CT molecular complexity index is 992. The number of benzene rings is 1. The number of methoxy groups -OCH3 is 1. The Morgan fingerprint density at radius 2 is 1.77 bits per heavy atom. The van der Waals surface area contributed by atoms with E-state index < -0.39 is 17.8 Å². The van der Waals surface area contributed by atoms with Crippen LogP contribution in [0.1, 0.15) is 48.4 Å². The monoisotopic (exact) mass is 430 g/mol. The van der Waals surface area contributed by atoms with Gasteiger partial charge < -0.3 is 20.1 Å². The molecule has 1 aromatic carbocycles. The average Bonchev–Trinajstić information content (AvgIpc) is 3.07. The van der Waals surface area contributed by atoms with E-state index in [2.05, 4.69) is 15.4 Å². The predicted octanol–water partition coefficient (Wildman–Crippen LogP) is 3.03. The fourth-order valence-corrected chi connectivity index (χ4v) is 3.70. The van der Waals surface area contributed by atoms with E-state index in [1.807, 2.05) is 0 Å². The molecule has 0 aliphatic rings. The van der Waals surface area contributed by atoms with E-state index in [0.717, 1.165) is 11.3 Å². The lowest BCUT2D eigenvalue weighted by molar-refractivity contribution is -0.111. The molecule has 0 radical (unpaired) electrons. The molecule has 0 unspecified atom stereocenters. The maximum atomic E-state index is 12.4. The first-order valence-electron chi connectivity index (χ1n) is 9.02. The van der Waals surface area contributed by atoms with E-state index in [0.29, 0.717) is 21.6 Å². The topological polar surface area (TPSA) is 111 Å². The van der Waals surface area contributed by atoms with Crippen LogP contribution in [0.3, 0.4) is 0 Å². The molecule has 1 heterocycles. The zero-order chi connectivity index (χ0) is 22.3. The van der Waals surface area contributed by atoms with Crippen molar-refractivity contribution in [3.63, 3.8) is 0 Å². The molecular weight excluding hydrogens is 408 g/mol. The maximum Gasteiger partial charge on any atom is 0.341 e. The Hall–Kier alpha value is -3.46. The van der Waals surface area contributed by atoms with Crippen molar-refractivity contribution in [2.45, 2.75) is 13.8 Å². The van der Waals surface area contributed by atoms with Gasteiger partial charge in [-0.05, 0) is 43.2 Å².